The second-order valence-electron chi connectivity index (χ2n) is 5.43. The quantitative estimate of drug-likeness (QED) is 0.581. The van der Waals surface area contributed by atoms with Gasteiger partial charge in [-0.3, -0.25) is 4.79 Å². The highest BCUT2D eigenvalue weighted by Gasteiger charge is 2.40. The molecule has 0 aliphatic carbocycles. The minimum Gasteiger partial charge on any atom is -0.370 e. The topological polar surface area (TPSA) is 116 Å². The summed E-state index contributed by atoms with van der Waals surface area (Å²) in [6.07, 6.45) is 1.22. The number of aryl methyl sites for hydroxylation is 1. The average Bonchev–Trinajstić information content (AvgIpc) is 2.33. The van der Waals surface area contributed by atoms with E-state index in [1.165, 1.54) is 6.07 Å². The van der Waals surface area contributed by atoms with Crippen LogP contribution in [-0.4, -0.2) is 25.0 Å². The molecule has 108 valence electrons. The van der Waals surface area contributed by atoms with Gasteiger partial charge in [-0.25, -0.2) is 8.42 Å². The number of guanidine groups is 1. The third-order valence-corrected chi connectivity index (χ3v) is 6.18. The summed E-state index contributed by atoms with van der Waals surface area (Å²) in [6, 6.07) is 4.55. The SMILES string of the molecule is CC1(C)CCc2ccc(C(=O)N=C(N)N)cc2S1(=O)=O. The van der Waals surface area contributed by atoms with Crippen molar-refractivity contribution in [1.29, 1.82) is 0 Å². The first-order valence-corrected chi connectivity index (χ1v) is 7.65. The average molecular weight is 295 g/mol. The molecule has 20 heavy (non-hydrogen) atoms. The molecular weight excluding hydrogens is 278 g/mol. The molecule has 0 bridgehead atoms. The Morgan fingerprint density at radius 3 is 2.55 bits per heavy atom. The van der Waals surface area contributed by atoms with Crippen LogP contribution in [0.15, 0.2) is 28.1 Å². The lowest BCUT2D eigenvalue weighted by molar-refractivity contribution is 0.100. The zero-order valence-electron chi connectivity index (χ0n) is 11.4. The summed E-state index contributed by atoms with van der Waals surface area (Å²) < 4.78 is 24.2. The number of benzene rings is 1. The predicted octanol–water partition coefficient (Wildman–Crippen LogP) is 0.599. The molecule has 4 N–H and O–H groups in total. The van der Waals surface area contributed by atoms with Gasteiger partial charge in [-0.1, -0.05) is 6.07 Å². The number of rotatable bonds is 1. The van der Waals surface area contributed by atoms with E-state index in [-0.39, 0.29) is 16.4 Å². The minimum absolute atomic E-state index is 0.165. The fraction of sp³-hybridized carbons (Fsp3) is 0.385. The number of nitrogens with zero attached hydrogens (tertiary/aromatic N) is 1. The Kier molecular flexibility index (Phi) is 3.33. The molecule has 0 aromatic heterocycles. The number of fused-ring (bicyclic) bond motifs is 1. The van der Waals surface area contributed by atoms with Gasteiger partial charge in [-0.05, 0) is 44.4 Å². The van der Waals surface area contributed by atoms with Crippen molar-refractivity contribution in [2.45, 2.75) is 36.3 Å². The highest BCUT2D eigenvalue weighted by molar-refractivity contribution is 7.92. The summed E-state index contributed by atoms with van der Waals surface area (Å²) in [4.78, 5) is 15.4. The van der Waals surface area contributed by atoms with E-state index in [1.807, 2.05) is 0 Å². The van der Waals surface area contributed by atoms with Crippen LogP contribution in [0.25, 0.3) is 0 Å². The molecule has 0 saturated heterocycles. The number of hydrogen-bond acceptors (Lipinski definition) is 3. The van der Waals surface area contributed by atoms with Gasteiger partial charge in [0.1, 0.15) is 0 Å². The van der Waals surface area contributed by atoms with Gasteiger partial charge in [0.2, 0.25) is 0 Å². The van der Waals surface area contributed by atoms with Gasteiger partial charge >= 0.3 is 0 Å². The summed E-state index contributed by atoms with van der Waals surface area (Å²) >= 11 is 0. The first-order valence-electron chi connectivity index (χ1n) is 6.17. The third-order valence-electron chi connectivity index (χ3n) is 3.56. The molecule has 0 atom stereocenters. The highest BCUT2D eigenvalue weighted by Crippen LogP contribution is 2.37. The molecule has 7 heteroatoms. The van der Waals surface area contributed by atoms with Crippen molar-refractivity contribution >= 4 is 21.7 Å². The van der Waals surface area contributed by atoms with Crippen LogP contribution in [0.3, 0.4) is 0 Å². The molecule has 0 spiro atoms. The van der Waals surface area contributed by atoms with Crippen LogP contribution < -0.4 is 11.5 Å². The Morgan fingerprint density at radius 1 is 1.30 bits per heavy atom. The van der Waals surface area contributed by atoms with Gasteiger partial charge in [0.15, 0.2) is 15.8 Å². The van der Waals surface area contributed by atoms with Crippen molar-refractivity contribution in [1.82, 2.24) is 0 Å². The van der Waals surface area contributed by atoms with Gasteiger partial charge in [0.05, 0.1) is 9.64 Å². The first-order chi connectivity index (χ1) is 9.15. The predicted molar refractivity (Wildman–Crippen MR) is 76.2 cm³/mol. The maximum atomic E-state index is 12.5. The summed E-state index contributed by atoms with van der Waals surface area (Å²) in [5.41, 5.74) is 11.2. The van der Waals surface area contributed by atoms with Gasteiger partial charge in [0, 0.05) is 5.56 Å². The molecule has 1 aromatic rings. The Labute approximate surface area is 117 Å². The van der Waals surface area contributed by atoms with E-state index in [2.05, 4.69) is 4.99 Å². The van der Waals surface area contributed by atoms with Crippen molar-refractivity contribution in [2.24, 2.45) is 16.5 Å². The van der Waals surface area contributed by atoms with E-state index in [4.69, 9.17) is 11.5 Å². The Balaban J connectivity index is 2.57. The van der Waals surface area contributed by atoms with E-state index < -0.39 is 20.5 Å². The highest BCUT2D eigenvalue weighted by atomic mass is 32.2. The van der Waals surface area contributed by atoms with E-state index in [0.29, 0.717) is 12.8 Å². The first kappa shape index (κ1) is 14.5. The van der Waals surface area contributed by atoms with Gasteiger partial charge in [0.25, 0.3) is 5.91 Å². The number of sulfone groups is 1. The van der Waals surface area contributed by atoms with Crippen LogP contribution in [0.4, 0.5) is 0 Å². The second kappa shape index (κ2) is 4.59. The molecule has 0 unspecified atom stereocenters. The van der Waals surface area contributed by atoms with E-state index in [9.17, 15) is 13.2 Å². The number of nitrogens with two attached hydrogens (primary N) is 2. The number of amides is 1. The number of carbonyl (C=O) groups is 1. The molecule has 0 radical (unpaired) electrons. The molecular formula is C13H17N3O3S. The fourth-order valence-electron chi connectivity index (χ4n) is 2.19. The van der Waals surface area contributed by atoms with Crippen molar-refractivity contribution in [3.63, 3.8) is 0 Å². The standard InChI is InChI=1S/C13H17N3O3S/c1-13(2)6-5-8-3-4-9(11(17)16-12(14)15)7-10(8)20(13,18)19/h3-4,7H,5-6H2,1-2H3,(H4,14,15,16,17). The Hall–Kier alpha value is -1.89. The zero-order valence-corrected chi connectivity index (χ0v) is 12.2. The van der Waals surface area contributed by atoms with Gasteiger partial charge in [-0.15, -0.1) is 0 Å². The summed E-state index contributed by atoms with van der Waals surface area (Å²) in [7, 11) is -3.47. The molecule has 1 aromatic carbocycles. The molecule has 0 saturated carbocycles. The number of carbonyl (C=O) groups excluding carboxylic acids is 1. The van der Waals surface area contributed by atoms with Crippen molar-refractivity contribution in [2.75, 3.05) is 0 Å². The van der Waals surface area contributed by atoms with E-state index >= 15 is 0 Å². The van der Waals surface area contributed by atoms with E-state index in [1.54, 1.807) is 26.0 Å². The molecule has 2 rings (SSSR count). The normalized spacial score (nSPS) is 18.9. The van der Waals surface area contributed by atoms with Gasteiger partial charge < -0.3 is 11.5 Å². The smallest absolute Gasteiger partial charge is 0.280 e. The minimum atomic E-state index is -3.47. The molecule has 6 nitrogen and oxygen atoms in total. The lowest BCUT2D eigenvalue weighted by atomic mass is 10.00. The monoisotopic (exact) mass is 295 g/mol. The zero-order chi connectivity index (χ0) is 15.1. The van der Waals surface area contributed by atoms with Crippen molar-refractivity contribution in [3.05, 3.63) is 29.3 Å². The number of hydrogen-bond donors (Lipinski definition) is 2. The Morgan fingerprint density at radius 2 is 1.95 bits per heavy atom. The van der Waals surface area contributed by atoms with Crippen LogP contribution in [0, 0.1) is 0 Å². The largest absolute Gasteiger partial charge is 0.370 e. The molecule has 1 aliphatic heterocycles. The third kappa shape index (κ3) is 2.29. The van der Waals surface area contributed by atoms with Gasteiger partial charge in [-0.2, -0.15) is 4.99 Å². The molecule has 1 aliphatic rings. The van der Waals surface area contributed by atoms with Crippen molar-refractivity contribution in [3.8, 4) is 0 Å². The maximum Gasteiger partial charge on any atom is 0.280 e. The van der Waals surface area contributed by atoms with Crippen molar-refractivity contribution < 1.29 is 13.2 Å². The fourth-order valence-corrected chi connectivity index (χ4v) is 3.96. The Bertz CT molecular complexity index is 702. The molecule has 1 amide bonds. The van der Waals surface area contributed by atoms with Crippen LogP contribution >= 0.6 is 0 Å². The summed E-state index contributed by atoms with van der Waals surface area (Å²) in [6.45, 7) is 3.38. The van der Waals surface area contributed by atoms with E-state index in [0.717, 1.165) is 5.56 Å². The van der Waals surface area contributed by atoms with Crippen LogP contribution in [0.2, 0.25) is 0 Å². The molecule has 0 fully saturated rings. The lowest BCUT2D eigenvalue weighted by Gasteiger charge is -2.31. The van der Waals surface area contributed by atoms with Crippen LogP contribution in [0.1, 0.15) is 36.2 Å². The van der Waals surface area contributed by atoms with Crippen LogP contribution in [0.5, 0.6) is 0 Å². The second-order valence-corrected chi connectivity index (χ2v) is 7.98. The summed E-state index contributed by atoms with van der Waals surface area (Å²) in [5.74, 6) is -0.998. The summed E-state index contributed by atoms with van der Waals surface area (Å²) in [5, 5.41) is 0. The molecule has 1 heterocycles. The van der Waals surface area contributed by atoms with Crippen LogP contribution in [-0.2, 0) is 16.3 Å². The maximum absolute atomic E-state index is 12.5. The lowest BCUT2D eigenvalue weighted by Crippen LogP contribution is -2.36. The number of aliphatic imine (C=N–C) groups is 1.